The Balaban J connectivity index is 1.39. The van der Waals surface area contributed by atoms with Crippen molar-refractivity contribution in [2.75, 3.05) is 18.1 Å². The number of urea groups is 1. The molecule has 0 radical (unpaired) electrons. The van der Waals surface area contributed by atoms with Gasteiger partial charge in [0.05, 0.1) is 5.69 Å². The molecule has 1 saturated heterocycles. The number of nitrogens with one attached hydrogen (secondary N) is 1. The standard InChI is InChI=1S/C26H20BrClN2O5/c1-16-14-21(10-11-23(16)28)35-13-12-34-20-8-2-17(3-9-20)15-22-24(31)29-26(33)30(25(22)32)19-6-4-18(27)5-7-19/h2-11,14-15H,12-13H2,1H3,(H,29,31,33)/b22-15+. The Morgan fingerprint density at radius 2 is 1.54 bits per heavy atom. The molecule has 1 aliphatic heterocycles. The number of hydrogen-bond donors (Lipinski definition) is 1. The zero-order valence-electron chi connectivity index (χ0n) is 18.6. The molecular formula is C26H20BrClN2O5. The molecule has 0 aromatic heterocycles. The predicted octanol–water partition coefficient (Wildman–Crippen LogP) is 5.54. The van der Waals surface area contributed by atoms with Crippen molar-refractivity contribution in [3.05, 3.63) is 92.9 Å². The van der Waals surface area contributed by atoms with Crippen molar-refractivity contribution in [2.24, 2.45) is 0 Å². The summed E-state index contributed by atoms with van der Waals surface area (Å²) in [4.78, 5) is 38.5. The first-order valence-electron chi connectivity index (χ1n) is 10.6. The lowest BCUT2D eigenvalue weighted by Crippen LogP contribution is -2.54. The quantitative estimate of drug-likeness (QED) is 0.235. The van der Waals surface area contributed by atoms with Crippen molar-refractivity contribution in [3.8, 4) is 11.5 Å². The largest absolute Gasteiger partial charge is 0.490 e. The number of imide groups is 2. The smallest absolute Gasteiger partial charge is 0.335 e. The van der Waals surface area contributed by atoms with Crippen LogP contribution in [0.1, 0.15) is 11.1 Å². The van der Waals surface area contributed by atoms with Crippen LogP contribution in [0, 0.1) is 6.92 Å². The van der Waals surface area contributed by atoms with Crippen molar-refractivity contribution >= 4 is 57.1 Å². The number of benzene rings is 3. The van der Waals surface area contributed by atoms with Crippen molar-refractivity contribution in [3.63, 3.8) is 0 Å². The number of anilines is 1. The summed E-state index contributed by atoms with van der Waals surface area (Å²) in [5, 5.41) is 2.89. The van der Waals surface area contributed by atoms with E-state index in [1.807, 2.05) is 13.0 Å². The third-order valence-electron chi connectivity index (χ3n) is 5.13. The predicted molar refractivity (Wildman–Crippen MR) is 137 cm³/mol. The van der Waals surface area contributed by atoms with Gasteiger partial charge < -0.3 is 9.47 Å². The molecule has 1 N–H and O–H groups in total. The number of carbonyl (C=O) groups excluding carboxylic acids is 3. The van der Waals surface area contributed by atoms with Gasteiger partial charge in [-0.1, -0.05) is 39.7 Å². The first-order chi connectivity index (χ1) is 16.8. The lowest BCUT2D eigenvalue weighted by atomic mass is 10.1. The number of aryl methyl sites for hydroxylation is 1. The number of halogens is 2. The molecule has 7 nitrogen and oxygen atoms in total. The van der Waals surface area contributed by atoms with Crippen molar-refractivity contribution in [1.29, 1.82) is 0 Å². The van der Waals surface area contributed by atoms with E-state index in [1.165, 1.54) is 6.08 Å². The maximum absolute atomic E-state index is 13.0. The van der Waals surface area contributed by atoms with E-state index in [1.54, 1.807) is 60.7 Å². The van der Waals surface area contributed by atoms with Gasteiger partial charge in [0, 0.05) is 9.50 Å². The fraction of sp³-hybridized carbons (Fsp3) is 0.115. The summed E-state index contributed by atoms with van der Waals surface area (Å²) >= 11 is 9.33. The van der Waals surface area contributed by atoms with E-state index in [4.69, 9.17) is 21.1 Å². The highest BCUT2D eigenvalue weighted by Crippen LogP contribution is 2.24. The van der Waals surface area contributed by atoms with E-state index >= 15 is 0 Å². The number of nitrogens with zero attached hydrogens (tertiary/aromatic N) is 1. The minimum absolute atomic E-state index is 0.146. The van der Waals surface area contributed by atoms with Gasteiger partial charge in [-0.3, -0.25) is 14.9 Å². The molecule has 0 spiro atoms. The number of rotatable bonds is 7. The van der Waals surface area contributed by atoms with Crippen LogP contribution in [0.2, 0.25) is 5.02 Å². The first-order valence-corrected chi connectivity index (χ1v) is 11.8. The van der Waals surface area contributed by atoms with Crippen LogP contribution in [0.4, 0.5) is 10.5 Å². The summed E-state index contributed by atoms with van der Waals surface area (Å²) in [6, 6.07) is 18.2. The second-order valence-corrected chi connectivity index (χ2v) is 8.93. The Hall–Kier alpha value is -3.62. The van der Waals surface area contributed by atoms with Gasteiger partial charge in [-0.25, -0.2) is 9.69 Å². The van der Waals surface area contributed by atoms with E-state index in [-0.39, 0.29) is 5.57 Å². The van der Waals surface area contributed by atoms with Crippen LogP contribution in [0.5, 0.6) is 11.5 Å². The number of barbiturate groups is 1. The first kappa shape index (κ1) is 24.5. The van der Waals surface area contributed by atoms with Crippen LogP contribution in [-0.4, -0.2) is 31.1 Å². The van der Waals surface area contributed by atoms with Gasteiger partial charge >= 0.3 is 6.03 Å². The molecule has 1 fully saturated rings. The Morgan fingerprint density at radius 1 is 0.914 bits per heavy atom. The molecule has 4 rings (SSSR count). The van der Waals surface area contributed by atoms with Gasteiger partial charge in [0.1, 0.15) is 30.3 Å². The molecule has 3 aromatic rings. The van der Waals surface area contributed by atoms with E-state index < -0.39 is 17.8 Å². The molecular weight excluding hydrogens is 536 g/mol. The van der Waals surface area contributed by atoms with Crippen LogP contribution in [0.3, 0.4) is 0 Å². The van der Waals surface area contributed by atoms with E-state index in [9.17, 15) is 14.4 Å². The number of hydrogen-bond acceptors (Lipinski definition) is 5. The molecule has 35 heavy (non-hydrogen) atoms. The molecule has 1 aliphatic rings. The normalized spacial score (nSPS) is 14.8. The number of ether oxygens (including phenoxy) is 2. The van der Waals surface area contributed by atoms with Gasteiger partial charge in [0.2, 0.25) is 0 Å². The average Bonchev–Trinajstić information content (AvgIpc) is 2.83. The van der Waals surface area contributed by atoms with E-state index in [0.29, 0.717) is 41.0 Å². The Bertz CT molecular complexity index is 1310. The van der Waals surface area contributed by atoms with Crippen LogP contribution < -0.4 is 19.7 Å². The highest BCUT2D eigenvalue weighted by Gasteiger charge is 2.36. The van der Waals surface area contributed by atoms with Gasteiger partial charge in [0.15, 0.2) is 0 Å². The van der Waals surface area contributed by atoms with Crippen molar-refractivity contribution < 1.29 is 23.9 Å². The summed E-state index contributed by atoms with van der Waals surface area (Å²) in [7, 11) is 0. The Kier molecular flexibility index (Phi) is 7.53. The number of amides is 4. The maximum Gasteiger partial charge on any atom is 0.335 e. The molecule has 178 valence electrons. The average molecular weight is 556 g/mol. The summed E-state index contributed by atoms with van der Waals surface area (Å²) in [6.07, 6.45) is 1.44. The fourth-order valence-corrected chi connectivity index (χ4v) is 3.72. The molecule has 0 bridgehead atoms. The molecule has 0 atom stereocenters. The highest BCUT2D eigenvalue weighted by molar-refractivity contribution is 9.10. The molecule has 0 unspecified atom stereocenters. The molecule has 3 aromatic carbocycles. The summed E-state index contributed by atoms with van der Waals surface area (Å²) in [5.41, 5.74) is 1.75. The van der Waals surface area contributed by atoms with Gasteiger partial charge in [-0.15, -0.1) is 0 Å². The molecule has 0 saturated carbocycles. The van der Waals surface area contributed by atoms with E-state index in [2.05, 4.69) is 21.2 Å². The zero-order valence-corrected chi connectivity index (χ0v) is 20.9. The SMILES string of the molecule is Cc1cc(OCCOc2ccc(/C=C3\C(=O)NC(=O)N(c4ccc(Br)cc4)C3=O)cc2)ccc1Cl. The van der Waals surface area contributed by atoms with Crippen LogP contribution in [-0.2, 0) is 9.59 Å². The zero-order chi connectivity index (χ0) is 24.9. The van der Waals surface area contributed by atoms with Gasteiger partial charge in [0.25, 0.3) is 11.8 Å². The number of carbonyl (C=O) groups is 3. The molecule has 4 amide bonds. The third-order valence-corrected chi connectivity index (χ3v) is 6.08. The van der Waals surface area contributed by atoms with Gasteiger partial charge in [-0.2, -0.15) is 0 Å². The van der Waals surface area contributed by atoms with E-state index in [0.717, 1.165) is 14.9 Å². The van der Waals surface area contributed by atoms with Gasteiger partial charge in [-0.05, 0) is 78.7 Å². The second-order valence-electron chi connectivity index (χ2n) is 7.61. The highest BCUT2D eigenvalue weighted by atomic mass is 79.9. The van der Waals surface area contributed by atoms with Crippen LogP contribution >= 0.6 is 27.5 Å². The summed E-state index contributed by atoms with van der Waals surface area (Å²) < 4.78 is 12.2. The minimum atomic E-state index is -0.792. The molecule has 9 heteroatoms. The van der Waals surface area contributed by atoms with Crippen LogP contribution in [0.15, 0.2) is 76.8 Å². The minimum Gasteiger partial charge on any atom is -0.490 e. The summed E-state index contributed by atoms with van der Waals surface area (Å²) in [5.74, 6) is -0.128. The van der Waals surface area contributed by atoms with Crippen molar-refractivity contribution in [2.45, 2.75) is 6.92 Å². The lowest BCUT2D eigenvalue weighted by molar-refractivity contribution is -0.122. The Labute approximate surface area is 215 Å². The van der Waals surface area contributed by atoms with Crippen molar-refractivity contribution in [1.82, 2.24) is 5.32 Å². The molecule has 0 aliphatic carbocycles. The Morgan fingerprint density at radius 3 is 2.20 bits per heavy atom. The third kappa shape index (κ3) is 5.90. The topological polar surface area (TPSA) is 84.9 Å². The molecule has 1 heterocycles. The second kappa shape index (κ2) is 10.8. The maximum atomic E-state index is 13.0. The lowest BCUT2D eigenvalue weighted by Gasteiger charge is -2.26. The fourth-order valence-electron chi connectivity index (χ4n) is 3.34. The summed E-state index contributed by atoms with van der Waals surface area (Å²) in [6.45, 7) is 2.58. The van der Waals surface area contributed by atoms with Crippen LogP contribution in [0.25, 0.3) is 6.08 Å². The monoisotopic (exact) mass is 554 g/mol.